The number of amides is 2. The first-order valence-corrected chi connectivity index (χ1v) is 6.11. The molecule has 1 saturated heterocycles. The fourth-order valence-electron chi connectivity index (χ4n) is 2.95. The Kier molecular flexibility index (Phi) is 2.55. The Labute approximate surface area is 108 Å². The van der Waals surface area contributed by atoms with Gasteiger partial charge in [-0.3, -0.25) is 9.59 Å². The Bertz CT molecular complexity index is 543. The molecule has 0 aromatic heterocycles. The molecule has 2 aliphatic rings. The molecule has 1 aromatic carbocycles. The summed E-state index contributed by atoms with van der Waals surface area (Å²) in [4.78, 5) is 25.1. The molecule has 2 fully saturated rings. The lowest BCUT2D eigenvalue weighted by Crippen LogP contribution is -2.47. The summed E-state index contributed by atoms with van der Waals surface area (Å²) in [5, 5.41) is 0. The van der Waals surface area contributed by atoms with Gasteiger partial charge in [-0.25, -0.2) is 13.7 Å². The van der Waals surface area contributed by atoms with Gasteiger partial charge in [0.2, 0.25) is 11.8 Å². The highest BCUT2D eigenvalue weighted by Crippen LogP contribution is 2.42. The van der Waals surface area contributed by atoms with Crippen LogP contribution in [0.25, 0.3) is 0 Å². The number of halogens is 2. The summed E-state index contributed by atoms with van der Waals surface area (Å²) >= 11 is 0. The normalized spacial score (nSPS) is 26.1. The van der Waals surface area contributed by atoms with Gasteiger partial charge in [0.15, 0.2) is 5.82 Å². The van der Waals surface area contributed by atoms with Crippen molar-refractivity contribution in [3.05, 3.63) is 23.8 Å². The number of rotatable bonds is 1. The lowest BCUT2D eigenvalue weighted by Gasteiger charge is -2.30. The molecular formula is C13H12F2N2O2. The molecule has 2 unspecified atom stereocenters. The van der Waals surface area contributed by atoms with Crippen molar-refractivity contribution in [2.75, 3.05) is 10.6 Å². The summed E-state index contributed by atoms with van der Waals surface area (Å²) in [6, 6.07) is 1.54. The lowest BCUT2D eigenvalue weighted by atomic mass is 9.96. The van der Waals surface area contributed by atoms with Crippen molar-refractivity contribution < 1.29 is 18.4 Å². The van der Waals surface area contributed by atoms with Gasteiger partial charge in [-0.2, -0.15) is 0 Å². The van der Waals surface area contributed by atoms with E-state index >= 15 is 0 Å². The highest BCUT2D eigenvalue weighted by Gasteiger charge is 2.47. The Balaban J connectivity index is 2.11. The molecule has 1 heterocycles. The second-order valence-electron chi connectivity index (χ2n) is 5.04. The Hall–Kier alpha value is -1.98. The summed E-state index contributed by atoms with van der Waals surface area (Å²) < 4.78 is 26.9. The fourth-order valence-corrected chi connectivity index (χ4v) is 2.95. The third-order valence-corrected chi connectivity index (χ3v) is 3.85. The molecule has 3 rings (SSSR count). The quantitative estimate of drug-likeness (QED) is 0.623. The number of imide groups is 1. The number of anilines is 2. The van der Waals surface area contributed by atoms with Crippen LogP contribution < -0.4 is 10.6 Å². The molecule has 6 heteroatoms. The number of nitrogens with zero attached hydrogens (tertiary/aromatic N) is 1. The summed E-state index contributed by atoms with van der Waals surface area (Å²) in [5.74, 6) is -3.20. The first kappa shape index (κ1) is 12.1. The predicted molar refractivity (Wildman–Crippen MR) is 64.1 cm³/mol. The number of fused-ring (bicyclic) bond motifs is 2. The van der Waals surface area contributed by atoms with Crippen LogP contribution in [-0.4, -0.2) is 11.8 Å². The zero-order valence-electron chi connectivity index (χ0n) is 10.0. The minimum Gasteiger partial charge on any atom is -0.397 e. The molecular weight excluding hydrogens is 254 g/mol. The van der Waals surface area contributed by atoms with E-state index in [4.69, 9.17) is 5.73 Å². The Morgan fingerprint density at radius 1 is 1.11 bits per heavy atom. The van der Waals surface area contributed by atoms with Crippen LogP contribution in [0.5, 0.6) is 0 Å². The SMILES string of the molecule is Nc1cc(F)cc(F)c1N1C(=O)C2CCC(C2)C1=O. The predicted octanol–water partition coefficient (Wildman–Crippen LogP) is 1.84. The second-order valence-corrected chi connectivity index (χ2v) is 5.04. The molecule has 2 N–H and O–H groups in total. The Morgan fingerprint density at radius 2 is 1.68 bits per heavy atom. The zero-order valence-corrected chi connectivity index (χ0v) is 10.0. The maximum absolute atomic E-state index is 13.9. The number of nitrogen functional groups attached to an aromatic ring is 1. The zero-order chi connectivity index (χ0) is 13.7. The van der Waals surface area contributed by atoms with Crippen molar-refractivity contribution in [2.45, 2.75) is 19.3 Å². The van der Waals surface area contributed by atoms with Crippen molar-refractivity contribution in [3.63, 3.8) is 0 Å². The molecule has 1 aliphatic carbocycles. The molecule has 2 amide bonds. The highest BCUT2D eigenvalue weighted by atomic mass is 19.1. The molecule has 100 valence electrons. The molecule has 0 spiro atoms. The van der Waals surface area contributed by atoms with E-state index in [1.165, 1.54) is 0 Å². The van der Waals surface area contributed by atoms with Gasteiger partial charge in [0.25, 0.3) is 0 Å². The molecule has 1 aromatic rings. The smallest absolute Gasteiger partial charge is 0.237 e. The van der Waals surface area contributed by atoms with E-state index in [0.29, 0.717) is 25.3 Å². The van der Waals surface area contributed by atoms with E-state index in [9.17, 15) is 18.4 Å². The van der Waals surface area contributed by atoms with Gasteiger partial charge in [0, 0.05) is 17.9 Å². The van der Waals surface area contributed by atoms with Gasteiger partial charge in [0.05, 0.1) is 5.69 Å². The summed E-state index contributed by atoms with van der Waals surface area (Å²) in [6.45, 7) is 0. The first-order valence-electron chi connectivity index (χ1n) is 6.11. The number of benzene rings is 1. The van der Waals surface area contributed by atoms with Crippen LogP contribution >= 0.6 is 0 Å². The van der Waals surface area contributed by atoms with Gasteiger partial charge < -0.3 is 5.73 Å². The summed E-state index contributed by atoms with van der Waals surface area (Å²) in [6.07, 6.45) is 1.79. The minimum absolute atomic E-state index is 0.236. The standard InChI is InChI=1S/C13H12F2N2O2/c14-8-4-9(15)11(10(16)5-8)17-12(18)6-1-2-7(3-6)13(17)19/h4-7H,1-3,16H2. The largest absolute Gasteiger partial charge is 0.397 e. The number of hydrogen-bond acceptors (Lipinski definition) is 3. The fraction of sp³-hybridized carbons (Fsp3) is 0.385. The van der Waals surface area contributed by atoms with E-state index in [1.807, 2.05) is 0 Å². The average Bonchev–Trinajstić information content (AvgIpc) is 2.76. The van der Waals surface area contributed by atoms with Gasteiger partial charge in [-0.05, 0) is 25.3 Å². The monoisotopic (exact) mass is 266 g/mol. The van der Waals surface area contributed by atoms with Crippen molar-refractivity contribution in [3.8, 4) is 0 Å². The van der Waals surface area contributed by atoms with Crippen molar-refractivity contribution in [2.24, 2.45) is 11.8 Å². The minimum atomic E-state index is -0.986. The maximum Gasteiger partial charge on any atom is 0.237 e. The molecule has 1 aliphatic heterocycles. The summed E-state index contributed by atoms with van der Waals surface area (Å²) in [5.41, 5.74) is 5.02. The van der Waals surface area contributed by atoms with Crippen LogP contribution in [0.15, 0.2) is 12.1 Å². The number of hydrogen-bond donors (Lipinski definition) is 1. The van der Waals surface area contributed by atoms with Crippen molar-refractivity contribution in [1.82, 2.24) is 0 Å². The third-order valence-electron chi connectivity index (χ3n) is 3.85. The van der Waals surface area contributed by atoms with Gasteiger partial charge in [0.1, 0.15) is 11.5 Å². The molecule has 4 nitrogen and oxygen atoms in total. The second kappa shape index (κ2) is 4.01. The van der Waals surface area contributed by atoms with Crippen LogP contribution in [0.3, 0.4) is 0 Å². The van der Waals surface area contributed by atoms with Crippen LogP contribution in [0, 0.1) is 23.5 Å². The van der Waals surface area contributed by atoms with E-state index in [-0.39, 0.29) is 23.2 Å². The van der Waals surface area contributed by atoms with Crippen LogP contribution in [0.1, 0.15) is 19.3 Å². The number of piperidine rings is 1. The van der Waals surface area contributed by atoms with Crippen LogP contribution in [0.2, 0.25) is 0 Å². The lowest BCUT2D eigenvalue weighted by molar-refractivity contribution is -0.133. The van der Waals surface area contributed by atoms with Gasteiger partial charge in [-0.15, -0.1) is 0 Å². The van der Waals surface area contributed by atoms with Gasteiger partial charge >= 0.3 is 0 Å². The van der Waals surface area contributed by atoms with Crippen molar-refractivity contribution in [1.29, 1.82) is 0 Å². The number of nitrogens with two attached hydrogens (primary N) is 1. The maximum atomic E-state index is 13.9. The van der Waals surface area contributed by atoms with Crippen LogP contribution in [-0.2, 0) is 9.59 Å². The number of carbonyl (C=O) groups excluding carboxylic acids is 2. The summed E-state index contributed by atoms with van der Waals surface area (Å²) in [7, 11) is 0. The topological polar surface area (TPSA) is 63.4 Å². The molecule has 19 heavy (non-hydrogen) atoms. The highest BCUT2D eigenvalue weighted by molar-refractivity contribution is 6.20. The van der Waals surface area contributed by atoms with E-state index < -0.39 is 23.4 Å². The first-order chi connectivity index (χ1) is 8.99. The molecule has 1 saturated carbocycles. The Morgan fingerprint density at radius 3 is 2.21 bits per heavy atom. The average molecular weight is 266 g/mol. The van der Waals surface area contributed by atoms with Crippen molar-refractivity contribution >= 4 is 23.2 Å². The molecule has 2 atom stereocenters. The third kappa shape index (κ3) is 1.70. The van der Waals surface area contributed by atoms with E-state index in [0.717, 1.165) is 11.0 Å². The van der Waals surface area contributed by atoms with E-state index in [2.05, 4.69) is 0 Å². The molecule has 2 bridgehead atoms. The van der Waals surface area contributed by atoms with E-state index in [1.54, 1.807) is 0 Å². The molecule has 0 radical (unpaired) electrons. The number of carbonyl (C=O) groups is 2. The van der Waals surface area contributed by atoms with Crippen LogP contribution in [0.4, 0.5) is 20.2 Å². The van der Waals surface area contributed by atoms with Gasteiger partial charge in [-0.1, -0.05) is 0 Å².